The summed E-state index contributed by atoms with van der Waals surface area (Å²) < 4.78 is 54.0. The molecule has 8 rings (SSSR count). The van der Waals surface area contributed by atoms with Crippen LogP contribution in [0.25, 0.3) is 32.1 Å². The van der Waals surface area contributed by atoms with Crippen LogP contribution >= 0.6 is 22.9 Å². The minimum atomic E-state index is -0.805. The highest BCUT2D eigenvalue weighted by molar-refractivity contribution is 7.23. The standard InChI is InChI=1S/C36H33ClF3N9O2S/c1-46(2)34(50)26-11-20-17-47(8-4-10-49(20)45-26)33-22-12-24(37)28(21-5-6-25(39)31-27(21)23(15-41)32(42)52-31)29(40)30(22)43-35(44-33)51-18-36-7-3-9-48(36)16-19(13-36)14-38/h5-6,11-12,14H,3-4,7-10,13,16-18,42H2,1-2H3/b19-14-/t36-/m0/s1. The van der Waals surface area contributed by atoms with Gasteiger partial charge in [0.2, 0.25) is 0 Å². The molecule has 52 heavy (non-hydrogen) atoms. The first-order valence-corrected chi connectivity index (χ1v) is 18.0. The van der Waals surface area contributed by atoms with E-state index in [0.717, 1.165) is 36.4 Å². The fraction of sp³-hybridized carbons (Fsp3) is 0.361. The maximum Gasteiger partial charge on any atom is 0.319 e. The Labute approximate surface area is 305 Å². The number of carbonyl (C=O) groups is 1. The van der Waals surface area contributed by atoms with E-state index in [4.69, 9.17) is 27.1 Å². The molecule has 6 heterocycles. The molecule has 2 N–H and O–H groups in total. The zero-order valence-electron chi connectivity index (χ0n) is 28.3. The van der Waals surface area contributed by atoms with Crippen molar-refractivity contribution >= 4 is 60.7 Å². The number of nitrogen functional groups attached to an aromatic ring is 1. The third-order valence-electron chi connectivity index (χ3n) is 10.3. The number of rotatable bonds is 6. The second-order valence-corrected chi connectivity index (χ2v) is 15.2. The second-order valence-electron chi connectivity index (χ2n) is 13.7. The summed E-state index contributed by atoms with van der Waals surface area (Å²) in [4.78, 5) is 27.8. The highest BCUT2D eigenvalue weighted by Crippen LogP contribution is 2.46. The number of fused-ring (bicyclic) bond motifs is 4. The molecule has 3 aliphatic rings. The third kappa shape index (κ3) is 5.51. The number of carbonyl (C=O) groups excluding carboxylic acids is 1. The Morgan fingerprint density at radius 1 is 1.19 bits per heavy atom. The van der Waals surface area contributed by atoms with Gasteiger partial charge in [-0.1, -0.05) is 17.7 Å². The van der Waals surface area contributed by atoms with Crippen LogP contribution < -0.4 is 15.4 Å². The summed E-state index contributed by atoms with van der Waals surface area (Å²) >= 11 is 7.81. The normalized spacial score (nSPS) is 19.6. The predicted octanol–water partition coefficient (Wildman–Crippen LogP) is 6.68. The lowest BCUT2D eigenvalue weighted by Crippen LogP contribution is -2.43. The fourth-order valence-corrected chi connectivity index (χ4v) is 9.09. The lowest BCUT2D eigenvalue weighted by molar-refractivity contribution is 0.0821. The van der Waals surface area contributed by atoms with E-state index in [2.05, 4.69) is 15.0 Å². The number of nitrogens with zero attached hydrogens (tertiary/aromatic N) is 8. The number of anilines is 2. The van der Waals surface area contributed by atoms with Crippen LogP contribution in [-0.2, 0) is 13.1 Å². The molecule has 0 saturated carbocycles. The van der Waals surface area contributed by atoms with Gasteiger partial charge in [-0.25, -0.2) is 13.2 Å². The lowest BCUT2D eigenvalue weighted by atomic mass is 9.94. The predicted molar refractivity (Wildman–Crippen MR) is 193 cm³/mol. The number of hydrogen-bond acceptors (Lipinski definition) is 10. The van der Waals surface area contributed by atoms with Gasteiger partial charge in [0, 0.05) is 50.1 Å². The van der Waals surface area contributed by atoms with E-state index in [1.165, 1.54) is 17.0 Å². The summed E-state index contributed by atoms with van der Waals surface area (Å²) in [6, 6.07) is 7.85. The van der Waals surface area contributed by atoms with Gasteiger partial charge in [-0.2, -0.15) is 20.3 Å². The topological polar surface area (TPSA) is 129 Å². The maximum atomic E-state index is 17.2. The summed E-state index contributed by atoms with van der Waals surface area (Å²) in [6.07, 6.45) is 3.55. The molecule has 2 saturated heterocycles. The summed E-state index contributed by atoms with van der Waals surface area (Å²) in [6.45, 7) is 2.84. The molecule has 268 valence electrons. The third-order valence-corrected chi connectivity index (χ3v) is 11.6. The monoisotopic (exact) mass is 747 g/mol. The molecule has 0 unspecified atom stereocenters. The highest BCUT2D eigenvalue weighted by Gasteiger charge is 2.47. The SMILES string of the molecule is CN(C)C(=O)c1cc2n(n1)CCCN(c1nc(OC[C@@]34CCCN3C/C(=C\F)C4)nc3c(F)c(-c4ccc(F)c5sc(N)c(C#N)c45)c(Cl)cc13)C2. The second kappa shape index (κ2) is 12.9. The molecule has 5 aromatic rings. The largest absolute Gasteiger partial charge is 0.461 e. The van der Waals surface area contributed by atoms with Crippen LogP contribution in [0.5, 0.6) is 6.01 Å². The number of aromatic nitrogens is 4. The number of hydrogen-bond donors (Lipinski definition) is 1. The highest BCUT2D eigenvalue weighted by atomic mass is 35.5. The first-order chi connectivity index (χ1) is 25.0. The van der Waals surface area contributed by atoms with Gasteiger partial charge in [0.25, 0.3) is 5.91 Å². The molecule has 2 aromatic carbocycles. The Morgan fingerprint density at radius 3 is 2.79 bits per heavy atom. The molecule has 3 aromatic heterocycles. The quantitative estimate of drug-likeness (QED) is 0.202. The van der Waals surface area contributed by atoms with E-state index in [9.17, 15) is 18.8 Å². The number of thiophene rings is 1. The first-order valence-electron chi connectivity index (χ1n) is 16.8. The van der Waals surface area contributed by atoms with Crippen molar-refractivity contribution in [3.05, 3.63) is 69.8 Å². The van der Waals surface area contributed by atoms with Crippen molar-refractivity contribution < 1.29 is 22.7 Å². The molecule has 0 aliphatic carbocycles. The average molecular weight is 748 g/mol. The Morgan fingerprint density at radius 2 is 2.02 bits per heavy atom. The van der Waals surface area contributed by atoms with Gasteiger partial charge in [0.15, 0.2) is 11.5 Å². The minimum absolute atomic E-state index is 0.000739. The van der Waals surface area contributed by atoms with E-state index in [-0.39, 0.29) is 60.8 Å². The van der Waals surface area contributed by atoms with Gasteiger partial charge in [-0.05, 0) is 61.6 Å². The van der Waals surface area contributed by atoms with Crippen LogP contribution in [0.1, 0.15) is 47.4 Å². The molecule has 16 heteroatoms. The molecule has 2 fully saturated rings. The van der Waals surface area contributed by atoms with Crippen LogP contribution in [0.15, 0.2) is 36.2 Å². The van der Waals surface area contributed by atoms with E-state index < -0.39 is 17.2 Å². The van der Waals surface area contributed by atoms with Gasteiger partial charge in [0.05, 0.1) is 39.4 Å². The van der Waals surface area contributed by atoms with Crippen LogP contribution in [-0.4, -0.2) is 81.3 Å². The molecule has 3 aliphatic heterocycles. The molecular formula is C36H33ClF3N9O2S. The van der Waals surface area contributed by atoms with Gasteiger partial charge in [-0.3, -0.25) is 14.4 Å². The molecule has 1 atom stereocenters. The van der Waals surface area contributed by atoms with Gasteiger partial charge in [0.1, 0.15) is 34.8 Å². The Kier molecular flexibility index (Phi) is 8.51. The van der Waals surface area contributed by atoms with Crippen LogP contribution in [0, 0.1) is 23.0 Å². The number of halogens is 4. The minimum Gasteiger partial charge on any atom is -0.461 e. The lowest BCUT2D eigenvalue weighted by Gasteiger charge is -2.31. The van der Waals surface area contributed by atoms with Crippen LogP contribution in [0.4, 0.5) is 24.0 Å². The van der Waals surface area contributed by atoms with Gasteiger partial charge < -0.3 is 20.3 Å². The molecule has 11 nitrogen and oxygen atoms in total. The Balaban J connectivity index is 1.28. The molecular weight excluding hydrogens is 715 g/mol. The fourth-order valence-electron chi connectivity index (χ4n) is 7.85. The van der Waals surface area contributed by atoms with E-state index in [0.29, 0.717) is 67.8 Å². The smallest absolute Gasteiger partial charge is 0.319 e. The summed E-state index contributed by atoms with van der Waals surface area (Å²) in [5.41, 5.74) is 7.50. The number of aryl methyl sites for hydroxylation is 1. The maximum absolute atomic E-state index is 17.2. The summed E-state index contributed by atoms with van der Waals surface area (Å²) in [5.74, 6) is -1.26. The van der Waals surface area contributed by atoms with E-state index >= 15 is 4.39 Å². The first kappa shape index (κ1) is 34.2. The van der Waals surface area contributed by atoms with Gasteiger partial charge in [-0.15, -0.1) is 11.3 Å². The van der Waals surface area contributed by atoms with Crippen molar-refractivity contribution in [3.8, 4) is 23.2 Å². The zero-order valence-corrected chi connectivity index (χ0v) is 29.9. The van der Waals surface area contributed by atoms with Crippen molar-refractivity contribution in [2.75, 3.05) is 51.0 Å². The molecule has 0 bridgehead atoms. The van der Waals surface area contributed by atoms with Crippen molar-refractivity contribution in [1.82, 2.24) is 29.5 Å². The number of nitriles is 1. The molecule has 0 spiro atoms. The van der Waals surface area contributed by atoms with Crippen molar-refractivity contribution in [2.24, 2.45) is 0 Å². The number of benzene rings is 2. The van der Waals surface area contributed by atoms with Crippen LogP contribution in [0.2, 0.25) is 5.02 Å². The van der Waals surface area contributed by atoms with E-state index in [1.807, 2.05) is 11.0 Å². The summed E-state index contributed by atoms with van der Waals surface area (Å²) in [5, 5.41) is 15.0. The van der Waals surface area contributed by atoms with Crippen molar-refractivity contribution in [2.45, 2.75) is 44.3 Å². The van der Waals surface area contributed by atoms with Gasteiger partial charge >= 0.3 is 6.01 Å². The Hall–Kier alpha value is -4.91. The molecule has 1 amide bonds. The van der Waals surface area contributed by atoms with Crippen molar-refractivity contribution in [3.63, 3.8) is 0 Å². The van der Waals surface area contributed by atoms with Crippen LogP contribution in [0.3, 0.4) is 0 Å². The number of amides is 1. The number of nitrogens with two attached hydrogens (primary N) is 1. The number of ether oxygens (including phenoxy) is 1. The van der Waals surface area contributed by atoms with Crippen molar-refractivity contribution in [1.29, 1.82) is 5.26 Å². The van der Waals surface area contributed by atoms with E-state index in [1.54, 1.807) is 30.9 Å². The summed E-state index contributed by atoms with van der Waals surface area (Å²) in [7, 11) is 3.33. The molecule has 0 radical (unpaired) electrons. The Bertz CT molecular complexity index is 2370. The zero-order chi connectivity index (χ0) is 36.5. The average Bonchev–Trinajstić information content (AvgIpc) is 3.86.